The van der Waals surface area contributed by atoms with Crippen molar-refractivity contribution in [2.75, 3.05) is 24.5 Å². The molecule has 1 saturated carbocycles. The standard InChI is InChI=1S/C16H22F2N4.C9H10F2.C2H6/c1-3-12(11-4-5-11)14-10(2)20-9-21-16(14)22-7-6-19-13(8-22)15(17)18;1-2-3-7-4-8(10)6-9(11)5-7;1-2/h3,9,11,13,15,19H,4-8H2,1-2H3;4-6H,2-3H2,1H3;1-2H3/b12-3-;;. The predicted octanol–water partition coefficient (Wildman–Crippen LogP) is 6.59. The fraction of sp³-hybridized carbons (Fsp3) is 0.556. The van der Waals surface area contributed by atoms with E-state index < -0.39 is 24.1 Å². The third-order valence-electron chi connectivity index (χ3n) is 5.90. The summed E-state index contributed by atoms with van der Waals surface area (Å²) in [5, 5.41) is 2.88. The first-order valence-corrected chi connectivity index (χ1v) is 12.5. The topological polar surface area (TPSA) is 41.1 Å². The Morgan fingerprint density at radius 1 is 1.14 bits per heavy atom. The van der Waals surface area contributed by atoms with Crippen LogP contribution in [0.1, 0.15) is 63.8 Å². The summed E-state index contributed by atoms with van der Waals surface area (Å²) in [6.07, 6.45) is 5.31. The van der Waals surface area contributed by atoms with Gasteiger partial charge in [-0.25, -0.2) is 27.5 Å². The van der Waals surface area contributed by atoms with Crippen LogP contribution in [0, 0.1) is 24.5 Å². The Morgan fingerprint density at radius 3 is 2.34 bits per heavy atom. The zero-order valence-electron chi connectivity index (χ0n) is 21.4. The van der Waals surface area contributed by atoms with Crippen molar-refractivity contribution < 1.29 is 17.6 Å². The highest BCUT2D eigenvalue weighted by Gasteiger charge is 2.33. The quantitative estimate of drug-likeness (QED) is 0.460. The normalized spacial score (nSPS) is 17.9. The third-order valence-corrected chi connectivity index (χ3v) is 5.90. The summed E-state index contributed by atoms with van der Waals surface area (Å²) in [6, 6.07) is 2.82. The van der Waals surface area contributed by atoms with Crippen molar-refractivity contribution in [1.29, 1.82) is 0 Å². The van der Waals surface area contributed by atoms with Crippen LogP contribution in [0.5, 0.6) is 0 Å². The first kappa shape index (κ1) is 28.8. The SMILES string of the molecule is C/C=C(\c1c(C)ncnc1N1CCNC(C(F)F)C1)C1CC1.CC.CCCc1cc(F)cc(F)c1. The van der Waals surface area contributed by atoms with E-state index in [-0.39, 0.29) is 6.54 Å². The van der Waals surface area contributed by atoms with Crippen molar-refractivity contribution in [3.63, 3.8) is 0 Å². The molecule has 2 aliphatic rings. The van der Waals surface area contributed by atoms with E-state index in [0.717, 1.165) is 41.5 Å². The molecule has 0 radical (unpaired) electrons. The van der Waals surface area contributed by atoms with Gasteiger partial charge in [0.2, 0.25) is 0 Å². The Bertz CT molecular complexity index is 940. The number of benzene rings is 1. The molecule has 4 nitrogen and oxygen atoms in total. The van der Waals surface area contributed by atoms with Crippen LogP contribution in [0.3, 0.4) is 0 Å². The first-order chi connectivity index (χ1) is 16.8. The minimum Gasteiger partial charge on any atom is -0.353 e. The molecule has 0 spiro atoms. The molecular weight excluding hydrogens is 456 g/mol. The molecule has 1 saturated heterocycles. The fourth-order valence-electron chi connectivity index (χ4n) is 4.20. The van der Waals surface area contributed by atoms with Crippen LogP contribution in [0.2, 0.25) is 0 Å². The fourth-order valence-corrected chi connectivity index (χ4v) is 4.20. The zero-order valence-corrected chi connectivity index (χ0v) is 21.4. The highest BCUT2D eigenvalue weighted by molar-refractivity contribution is 5.78. The number of hydrogen-bond donors (Lipinski definition) is 1. The maximum absolute atomic E-state index is 13.0. The number of halogens is 4. The summed E-state index contributed by atoms with van der Waals surface area (Å²) in [4.78, 5) is 10.7. The molecule has 35 heavy (non-hydrogen) atoms. The Kier molecular flexibility index (Phi) is 11.6. The molecule has 4 rings (SSSR count). The molecule has 1 atom stereocenters. The summed E-state index contributed by atoms with van der Waals surface area (Å²) in [5.41, 5.74) is 3.96. The maximum atomic E-state index is 13.0. The largest absolute Gasteiger partial charge is 0.353 e. The molecule has 2 heterocycles. The summed E-state index contributed by atoms with van der Waals surface area (Å²) in [6.45, 7) is 11.5. The number of aryl methyl sites for hydroxylation is 2. The zero-order chi connectivity index (χ0) is 26.0. The van der Waals surface area contributed by atoms with E-state index in [1.165, 1.54) is 36.9 Å². The number of nitrogens with one attached hydrogen (secondary N) is 1. The molecule has 1 N–H and O–H groups in total. The van der Waals surface area contributed by atoms with Gasteiger partial charge in [-0.2, -0.15) is 0 Å². The monoisotopic (exact) mass is 494 g/mol. The van der Waals surface area contributed by atoms with Crippen molar-refractivity contribution in [1.82, 2.24) is 15.3 Å². The molecule has 1 aromatic heterocycles. The number of anilines is 1. The lowest BCUT2D eigenvalue weighted by molar-refractivity contribution is 0.0957. The lowest BCUT2D eigenvalue weighted by Crippen LogP contribution is -2.54. The van der Waals surface area contributed by atoms with Gasteiger partial charge in [0.25, 0.3) is 6.43 Å². The Balaban J connectivity index is 0.000000280. The van der Waals surface area contributed by atoms with Gasteiger partial charge in [-0.1, -0.05) is 33.3 Å². The smallest absolute Gasteiger partial charge is 0.255 e. The number of aromatic nitrogens is 2. The average molecular weight is 495 g/mol. The van der Waals surface area contributed by atoms with Gasteiger partial charge >= 0.3 is 0 Å². The summed E-state index contributed by atoms with van der Waals surface area (Å²) >= 11 is 0. The minimum absolute atomic E-state index is 0.281. The first-order valence-electron chi connectivity index (χ1n) is 12.5. The summed E-state index contributed by atoms with van der Waals surface area (Å²) in [5.74, 6) is 0.392. The number of alkyl halides is 2. The van der Waals surface area contributed by atoms with Gasteiger partial charge in [0.15, 0.2) is 0 Å². The molecule has 1 aliphatic carbocycles. The van der Waals surface area contributed by atoms with Crippen LogP contribution in [0.4, 0.5) is 23.4 Å². The molecule has 2 aromatic rings. The van der Waals surface area contributed by atoms with Crippen molar-refractivity contribution in [3.05, 3.63) is 59.1 Å². The van der Waals surface area contributed by atoms with Crippen molar-refractivity contribution in [2.45, 2.75) is 72.8 Å². The van der Waals surface area contributed by atoms with Gasteiger partial charge in [-0.05, 0) is 62.3 Å². The van der Waals surface area contributed by atoms with Gasteiger partial charge in [0, 0.05) is 31.3 Å². The van der Waals surface area contributed by atoms with Gasteiger partial charge in [0.05, 0.1) is 11.7 Å². The van der Waals surface area contributed by atoms with Crippen LogP contribution in [-0.4, -0.2) is 42.1 Å². The van der Waals surface area contributed by atoms with Gasteiger partial charge in [0.1, 0.15) is 23.8 Å². The van der Waals surface area contributed by atoms with E-state index in [0.29, 0.717) is 19.0 Å². The molecule has 1 aliphatic heterocycles. The van der Waals surface area contributed by atoms with Crippen LogP contribution in [-0.2, 0) is 6.42 Å². The molecular formula is C27H38F4N4. The average Bonchev–Trinajstić information content (AvgIpc) is 3.67. The van der Waals surface area contributed by atoms with Gasteiger partial charge in [-0.3, -0.25) is 0 Å². The van der Waals surface area contributed by atoms with E-state index in [2.05, 4.69) is 21.4 Å². The molecule has 8 heteroatoms. The van der Waals surface area contributed by atoms with E-state index >= 15 is 0 Å². The molecule has 1 aromatic carbocycles. The molecule has 1 unspecified atom stereocenters. The second-order valence-electron chi connectivity index (χ2n) is 8.54. The lowest BCUT2D eigenvalue weighted by atomic mass is 9.99. The highest BCUT2D eigenvalue weighted by Crippen LogP contribution is 2.44. The molecule has 0 bridgehead atoms. The van der Waals surface area contributed by atoms with E-state index in [9.17, 15) is 17.6 Å². The molecule has 194 valence electrons. The number of nitrogens with zero attached hydrogens (tertiary/aromatic N) is 3. The highest BCUT2D eigenvalue weighted by atomic mass is 19.3. The van der Waals surface area contributed by atoms with E-state index in [1.54, 1.807) is 0 Å². The van der Waals surface area contributed by atoms with Crippen LogP contribution < -0.4 is 10.2 Å². The van der Waals surface area contributed by atoms with Crippen molar-refractivity contribution >= 4 is 11.4 Å². The Morgan fingerprint density at radius 2 is 1.80 bits per heavy atom. The molecule has 0 amide bonds. The minimum atomic E-state index is -2.36. The summed E-state index contributed by atoms with van der Waals surface area (Å²) in [7, 11) is 0. The molecule has 2 fully saturated rings. The second kappa shape index (κ2) is 14.2. The van der Waals surface area contributed by atoms with E-state index in [1.807, 2.05) is 39.5 Å². The van der Waals surface area contributed by atoms with Gasteiger partial charge < -0.3 is 10.2 Å². The van der Waals surface area contributed by atoms with Crippen LogP contribution in [0.25, 0.3) is 5.57 Å². The number of rotatable bonds is 6. The Hall–Kier alpha value is -2.48. The number of hydrogen-bond acceptors (Lipinski definition) is 4. The van der Waals surface area contributed by atoms with Crippen molar-refractivity contribution in [2.24, 2.45) is 5.92 Å². The summed E-state index contributed by atoms with van der Waals surface area (Å²) < 4.78 is 51.1. The predicted molar refractivity (Wildman–Crippen MR) is 135 cm³/mol. The number of allylic oxidation sites excluding steroid dienone is 2. The second-order valence-corrected chi connectivity index (χ2v) is 8.54. The lowest BCUT2D eigenvalue weighted by Gasteiger charge is -2.35. The van der Waals surface area contributed by atoms with Crippen molar-refractivity contribution in [3.8, 4) is 0 Å². The number of piperazine rings is 1. The third kappa shape index (κ3) is 8.30. The van der Waals surface area contributed by atoms with E-state index in [4.69, 9.17) is 0 Å². The Labute approximate surface area is 206 Å². The van der Waals surface area contributed by atoms with Gasteiger partial charge in [-0.15, -0.1) is 0 Å². The van der Waals surface area contributed by atoms with Crippen LogP contribution in [0.15, 0.2) is 30.6 Å². The van der Waals surface area contributed by atoms with Crippen LogP contribution >= 0.6 is 0 Å². The maximum Gasteiger partial charge on any atom is 0.255 e.